The van der Waals surface area contributed by atoms with Crippen LogP contribution in [0.5, 0.6) is 0 Å². The number of sulfone groups is 1. The molecule has 2 heterocycles. The average molecular weight is 686 g/mol. The third-order valence-corrected chi connectivity index (χ3v) is 10.4. The first-order valence-electron chi connectivity index (χ1n) is 14.7. The third-order valence-electron chi connectivity index (χ3n) is 8.09. The van der Waals surface area contributed by atoms with Gasteiger partial charge in [-0.1, -0.05) is 71.7 Å². The predicted molar refractivity (Wildman–Crippen MR) is 186 cm³/mol. The normalized spacial score (nSPS) is 11.5. The first-order chi connectivity index (χ1) is 22.5. The number of hydrogen-bond donors (Lipinski definition) is 0. The van der Waals surface area contributed by atoms with E-state index in [0.29, 0.717) is 32.3 Å². The van der Waals surface area contributed by atoms with Gasteiger partial charge in [-0.05, 0) is 94.8 Å². The summed E-state index contributed by atoms with van der Waals surface area (Å²) in [5.74, 6) is -2.54. The van der Waals surface area contributed by atoms with Gasteiger partial charge in [0.05, 0.1) is 11.5 Å². The molecule has 6 aromatic rings. The number of hydrogen-bond acceptors (Lipinski definition) is 4. The zero-order valence-corrected chi connectivity index (χ0v) is 27.8. The summed E-state index contributed by atoms with van der Waals surface area (Å²) in [6.07, 6.45) is 6.55. The number of rotatable bonds is 8. The van der Waals surface area contributed by atoms with Crippen molar-refractivity contribution in [2.24, 2.45) is 0 Å². The van der Waals surface area contributed by atoms with E-state index in [9.17, 15) is 8.42 Å². The summed E-state index contributed by atoms with van der Waals surface area (Å²) in [5.41, 5.74) is 7.57. The largest absolute Gasteiger partial charge is 0.264 e. The molecule has 0 N–H and O–H groups in total. The van der Waals surface area contributed by atoms with Crippen molar-refractivity contribution >= 4 is 33.0 Å². The number of nitrogens with zero attached hydrogens (tertiary/aromatic N) is 2. The van der Waals surface area contributed by atoms with Crippen LogP contribution in [0.2, 0.25) is 10.0 Å². The van der Waals surface area contributed by atoms with Crippen molar-refractivity contribution in [3.05, 3.63) is 154 Å². The molecule has 2 aromatic heterocycles. The van der Waals surface area contributed by atoms with Crippen LogP contribution in [0.3, 0.4) is 0 Å². The number of benzene rings is 4. The molecule has 4 aromatic carbocycles. The molecule has 0 atom stereocenters. The number of aryl methyl sites for hydroxylation is 2. The van der Waals surface area contributed by atoms with Crippen LogP contribution < -0.4 is 0 Å². The maximum absolute atomic E-state index is 15.4. The standard InChI is InChI=1S/C38H28Cl2F2N2O2S/c1-23-3-5-25(15-35(23)39)31-11-13-43-19-33(31)27-7-9-29(37(41)17-27)21-47(45,46)22-30-10-8-28(18-38(30)42)34-20-44-14-12-32(34)26-6-4-24(2)36(40)16-26/h3-20H,21-22H2,1-2H3. The van der Waals surface area contributed by atoms with Gasteiger partial charge in [0, 0.05) is 57.1 Å². The first-order valence-corrected chi connectivity index (χ1v) is 17.3. The van der Waals surface area contributed by atoms with Crippen LogP contribution in [0.1, 0.15) is 22.3 Å². The average Bonchev–Trinajstić information content (AvgIpc) is 3.05. The van der Waals surface area contributed by atoms with E-state index in [4.69, 9.17) is 23.2 Å². The second kappa shape index (κ2) is 13.4. The topological polar surface area (TPSA) is 59.9 Å². The van der Waals surface area contributed by atoms with Gasteiger partial charge in [0.2, 0.25) is 0 Å². The fraction of sp³-hybridized carbons (Fsp3) is 0.105. The molecule has 0 aliphatic carbocycles. The highest BCUT2D eigenvalue weighted by Crippen LogP contribution is 2.36. The molecule has 0 aliphatic heterocycles. The Morgan fingerprint density at radius 3 is 1.32 bits per heavy atom. The van der Waals surface area contributed by atoms with Crippen molar-refractivity contribution in [1.82, 2.24) is 9.97 Å². The predicted octanol–water partition coefficient (Wildman–Crippen LogP) is 10.5. The Labute approximate surface area is 282 Å². The van der Waals surface area contributed by atoms with Gasteiger partial charge in [-0.15, -0.1) is 0 Å². The van der Waals surface area contributed by atoms with E-state index in [-0.39, 0.29) is 11.1 Å². The highest BCUT2D eigenvalue weighted by molar-refractivity contribution is 7.89. The first kappa shape index (κ1) is 32.5. The minimum absolute atomic E-state index is 0.00800. The maximum atomic E-state index is 15.4. The molecule has 0 unspecified atom stereocenters. The lowest BCUT2D eigenvalue weighted by Gasteiger charge is -2.13. The third kappa shape index (κ3) is 7.13. The van der Waals surface area contributed by atoms with Gasteiger partial charge < -0.3 is 0 Å². The molecule has 0 amide bonds. The molecule has 0 bridgehead atoms. The molecular weight excluding hydrogens is 657 g/mol. The molecule has 0 saturated carbocycles. The van der Waals surface area contributed by atoms with Crippen molar-refractivity contribution in [2.45, 2.75) is 25.4 Å². The lowest BCUT2D eigenvalue weighted by atomic mass is 9.95. The van der Waals surface area contributed by atoms with Crippen LogP contribution in [0.15, 0.2) is 110 Å². The van der Waals surface area contributed by atoms with Gasteiger partial charge in [-0.3, -0.25) is 9.97 Å². The molecule has 6 rings (SSSR count). The molecule has 47 heavy (non-hydrogen) atoms. The van der Waals surface area contributed by atoms with Gasteiger partial charge in [0.15, 0.2) is 9.84 Å². The molecular formula is C38H28Cl2F2N2O2S. The highest BCUT2D eigenvalue weighted by atomic mass is 35.5. The van der Waals surface area contributed by atoms with Crippen molar-refractivity contribution in [3.8, 4) is 44.5 Å². The van der Waals surface area contributed by atoms with E-state index in [1.807, 2.05) is 62.4 Å². The second-order valence-electron chi connectivity index (χ2n) is 11.4. The highest BCUT2D eigenvalue weighted by Gasteiger charge is 2.20. The van der Waals surface area contributed by atoms with Crippen molar-refractivity contribution in [3.63, 3.8) is 0 Å². The number of halogens is 4. The lowest BCUT2D eigenvalue weighted by molar-refractivity contribution is 0.581. The number of aromatic nitrogens is 2. The van der Waals surface area contributed by atoms with E-state index in [1.54, 1.807) is 36.9 Å². The molecule has 4 nitrogen and oxygen atoms in total. The smallest absolute Gasteiger partial charge is 0.158 e. The fourth-order valence-electron chi connectivity index (χ4n) is 5.46. The van der Waals surface area contributed by atoms with Gasteiger partial charge in [0.1, 0.15) is 11.6 Å². The maximum Gasteiger partial charge on any atom is 0.158 e. The summed E-state index contributed by atoms with van der Waals surface area (Å²) in [7, 11) is -3.94. The van der Waals surface area contributed by atoms with E-state index >= 15 is 8.78 Å². The Balaban J connectivity index is 1.23. The van der Waals surface area contributed by atoms with E-state index in [1.165, 1.54) is 24.3 Å². The Kier molecular flexibility index (Phi) is 9.24. The summed E-state index contributed by atoms with van der Waals surface area (Å²) in [4.78, 5) is 8.42. The molecule has 0 saturated heterocycles. The quantitative estimate of drug-likeness (QED) is 0.160. The van der Waals surface area contributed by atoms with Gasteiger partial charge in [-0.2, -0.15) is 0 Å². The lowest BCUT2D eigenvalue weighted by Crippen LogP contribution is -2.10. The SMILES string of the molecule is Cc1ccc(-c2ccncc2-c2ccc(CS(=O)(=O)Cc3ccc(-c4cnccc4-c4ccc(C)c(Cl)c4)cc3F)c(F)c2)cc1Cl. The zero-order chi connectivity index (χ0) is 33.3. The summed E-state index contributed by atoms with van der Waals surface area (Å²) in [6.45, 7) is 3.82. The Morgan fingerprint density at radius 1 is 0.553 bits per heavy atom. The minimum Gasteiger partial charge on any atom is -0.264 e. The monoisotopic (exact) mass is 684 g/mol. The molecule has 9 heteroatoms. The van der Waals surface area contributed by atoms with Crippen LogP contribution in [0, 0.1) is 25.5 Å². The van der Waals surface area contributed by atoms with E-state index in [0.717, 1.165) is 33.4 Å². The van der Waals surface area contributed by atoms with Gasteiger partial charge in [-0.25, -0.2) is 17.2 Å². The van der Waals surface area contributed by atoms with Crippen LogP contribution in [0.4, 0.5) is 8.78 Å². The summed E-state index contributed by atoms with van der Waals surface area (Å²) in [5, 5.41) is 1.22. The second-order valence-corrected chi connectivity index (χ2v) is 14.3. The Morgan fingerprint density at radius 2 is 0.936 bits per heavy atom. The molecule has 0 radical (unpaired) electrons. The van der Waals surface area contributed by atoms with Crippen LogP contribution >= 0.6 is 23.2 Å². The minimum atomic E-state index is -3.94. The van der Waals surface area contributed by atoms with Crippen LogP contribution in [-0.2, 0) is 21.3 Å². The van der Waals surface area contributed by atoms with Crippen LogP contribution in [0.25, 0.3) is 44.5 Å². The van der Waals surface area contributed by atoms with Gasteiger partial charge in [0.25, 0.3) is 0 Å². The van der Waals surface area contributed by atoms with Crippen molar-refractivity contribution in [1.29, 1.82) is 0 Å². The van der Waals surface area contributed by atoms with E-state index in [2.05, 4.69) is 9.97 Å². The van der Waals surface area contributed by atoms with Crippen LogP contribution in [-0.4, -0.2) is 18.4 Å². The van der Waals surface area contributed by atoms with Crippen molar-refractivity contribution < 1.29 is 17.2 Å². The summed E-state index contributed by atoms with van der Waals surface area (Å²) in [6, 6.07) is 23.8. The summed E-state index contributed by atoms with van der Waals surface area (Å²) >= 11 is 12.7. The van der Waals surface area contributed by atoms with Crippen molar-refractivity contribution in [2.75, 3.05) is 0 Å². The molecule has 0 aliphatic rings. The summed E-state index contributed by atoms with van der Waals surface area (Å²) < 4.78 is 57.2. The zero-order valence-electron chi connectivity index (χ0n) is 25.4. The van der Waals surface area contributed by atoms with E-state index < -0.39 is 33.0 Å². The van der Waals surface area contributed by atoms with Gasteiger partial charge >= 0.3 is 0 Å². The molecule has 0 fully saturated rings. The Bertz CT molecular complexity index is 2110. The number of pyridine rings is 2. The fourth-order valence-corrected chi connectivity index (χ4v) is 7.34. The Hall–Kier alpha value is -4.43. The molecule has 236 valence electrons. The molecule has 0 spiro atoms.